The van der Waals surface area contributed by atoms with Crippen LogP contribution in [0.15, 0.2) is 12.1 Å². The third kappa shape index (κ3) is 3.78. The van der Waals surface area contributed by atoms with Crippen LogP contribution in [0.4, 0.5) is 8.78 Å². The molecule has 17 heavy (non-hydrogen) atoms. The Balaban J connectivity index is 2.80. The fourth-order valence-electron chi connectivity index (χ4n) is 1.30. The smallest absolute Gasteiger partial charge is 0.191 e. The number of benzene rings is 1. The maximum atomic E-state index is 13.4. The highest BCUT2D eigenvalue weighted by atomic mass is 19.1. The molecule has 0 bridgehead atoms. The molecular formula is C12H14F2O3. The summed E-state index contributed by atoms with van der Waals surface area (Å²) in [5.74, 6) is -2.22. The number of ether oxygens (including phenoxy) is 2. The number of hydrogen-bond donors (Lipinski definition) is 0. The zero-order chi connectivity index (χ0) is 12.8. The summed E-state index contributed by atoms with van der Waals surface area (Å²) >= 11 is 0. The van der Waals surface area contributed by atoms with E-state index in [1.54, 1.807) is 6.92 Å². The van der Waals surface area contributed by atoms with Crippen molar-refractivity contribution in [3.05, 3.63) is 29.3 Å². The molecule has 5 heteroatoms. The second kappa shape index (κ2) is 6.30. The number of aldehydes is 1. The summed E-state index contributed by atoms with van der Waals surface area (Å²) in [4.78, 5) is 10.4. The third-order valence-electron chi connectivity index (χ3n) is 2.20. The van der Waals surface area contributed by atoms with Crippen LogP contribution in [0.3, 0.4) is 0 Å². The molecular weight excluding hydrogens is 230 g/mol. The summed E-state index contributed by atoms with van der Waals surface area (Å²) < 4.78 is 36.8. The van der Waals surface area contributed by atoms with Gasteiger partial charge in [-0.2, -0.15) is 0 Å². The van der Waals surface area contributed by atoms with Gasteiger partial charge < -0.3 is 9.47 Å². The molecule has 0 saturated carbocycles. The Bertz CT molecular complexity index is 370. The van der Waals surface area contributed by atoms with Crippen LogP contribution < -0.4 is 4.74 Å². The average molecular weight is 244 g/mol. The Labute approximate surface area is 98.3 Å². The number of methoxy groups -OCH3 is 1. The zero-order valence-electron chi connectivity index (χ0n) is 9.70. The van der Waals surface area contributed by atoms with E-state index in [4.69, 9.17) is 9.47 Å². The minimum atomic E-state index is -0.878. The zero-order valence-corrected chi connectivity index (χ0v) is 9.70. The fourth-order valence-corrected chi connectivity index (χ4v) is 1.30. The lowest BCUT2D eigenvalue weighted by Gasteiger charge is -2.15. The first kappa shape index (κ1) is 13.6. The van der Waals surface area contributed by atoms with Crippen LogP contribution in [0.5, 0.6) is 5.75 Å². The van der Waals surface area contributed by atoms with Crippen molar-refractivity contribution >= 4 is 6.29 Å². The van der Waals surface area contributed by atoms with Gasteiger partial charge in [-0.1, -0.05) is 0 Å². The first-order valence-electron chi connectivity index (χ1n) is 5.18. The lowest BCUT2D eigenvalue weighted by Crippen LogP contribution is -2.16. The van der Waals surface area contributed by atoms with Crippen molar-refractivity contribution in [2.24, 2.45) is 0 Å². The average Bonchev–Trinajstić information content (AvgIpc) is 2.30. The van der Waals surface area contributed by atoms with E-state index in [9.17, 15) is 13.6 Å². The summed E-state index contributed by atoms with van der Waals surface area (Å²) in [6, 6.07) is 1.88. The highest BCUT2D eigenvalue weighted by molar-refractivity contribution is 5.75. The molecule has 0 radical (unpaired) electrons. The highest BCUT2D eigenvalue weighted by Crippen LogP contribution is 2.24. The summed E-state index contributed by atoms with van der Waals surface area (Å²) in [6.07, 6.45) is 0.524. The summed E-state index contributed by atoms with van der Waals surface area (Å²) in [6.45, 7) is 2.13. The van der Waals surface area contributed by atoms with Gasteiger partial charge >= 0.3 is 0 Å². The maximum absolute atomic E-state index is 13.4. The van der Waals surface area contributed by atoms with E-state index in [0.717, 1.165) is 12.1 Å². The predicted octanol–water partition coefficient (Wildman–Crippen LogP) is 2.58. The van der Waals surface area contributed by atoms with Crippen LogP contribution in [0, 0.1) is 11.6 Å². The molecule has 0 aliphatic rings. The van der Waals surface area contributed by atoms with Crippen LogP contribution in [0.2, 0.25) is 0 Å². The molecule has 94 valence electrons. The molecule has 1 rings (SSSR count). The van der Waals surface area contributed by atoms with Crippen LogP contribution in [-0.2, 0) is 4.74 Å². The summed E-state index contributed by atoms with van der Waals surface area (Å²) in [5.41, 5.74) is -0.0584. The topological polar surface area (TPSA) is 35.5 Å². The quantitative estimate of drug-likeness (QED) is 0.721. The molecule has 0 aliphatic carbocycles. The minimum absolute atomic E-state index is 0.0584. The summed E-state index contributed by atoms with van der Waals surface area (Å²) in [7, 11) is 1.53. The second-order valence-electron chi connectivity index (χ2n) is 3.64. The van der Waals surface area contributed by atoms with E-state index in [1.807, 2.05) is 0 Å². The third-order valence-corrected chi connectivity index (χ3v) is 2.20. The van der Waals surface area contributed by atoms with Crippen molar-refractivity contribution in [1.82, 2.24) is 0 Å². The van der Waals surface area contributed by atoms with Crippen molar-refractivity contribution in [1.29, 1.82) is 0 Å². The molecule has 3 nitrogen and oxygen atoms in total. The Kier molecular flexibility index (Phi) is 5.03. The molecule has 1 atom stereocenters. The van der Waals surface area contributed by atoms with Gasteiger partial charge in [-0.25, -0.2) is 8.78 Å². The Hall–Kier alpha value is -1.49. The highest BCUT2D eigenvalue weighted by Gasteiger charge is 2.15. The minimum Gasteiger partial charge on any atom is -0.485 e. The van der Waals surface area contributed by atoms with E-state index in [-0.39, 0.29) is 11.7 Å². The van der Waals surface area contributed by atoms with Crippen LogP contribution in [0.25, 0.3) is 0 Å². The molecule has 0 fully saturated rings. The van der Waals surface area contributed by atoms with Crippen molar-refractivity contribution in [3.8, 4) is 5.75 Å². The fraction of sp³-hybridized carbons (Fsp3) is 0.417. The maximum Gasteiger partial charge on any atom is 0.191 e. The van der Waals surface area contributed by atoms with E-state index in [2.05, 4.69) is 0 Å². The van der Waals surface area contributed by atoms with E-state index in [0.29, 0.717) is 19.3 Å². The molecule has 0 aromatic heterocycles. The first-order chi connectivity index (χ1) is 8.08. The SMILES string of the molecule is COCCC(C)Oc1c(F)cc(C=O)cc1F. The van der Waals surface area contributed by atoms with Gasteiger partial charge in [0, 0.05) is 25.7 Å². The number of carbonyl (C=O) groups is 1. The van der Waals surface area contributed by atoms with Gasteiger partial charge in [-0.05, 0) is 19.1 Å². The van der Waals surface area contributed by atoms with Crippen molar-refractivity contribution < 1.29 is 23.0 Å². The van der Waals surface area contributed by atoms with Crippen molar-refractivity contribution in [2.45, 2.75) is 19.4 Å². The second-order valence-corrected chi connectivity index (χ2v) is 3.64. The van der Waals surface area contributed by atoms with Gasteiger partial charge in [0.1, 0.15) is 6.29 Å². The largest absolute Gasteiger partial charge is 0.485 e. The normalized spacial score (nSPS) is 12.2. The van der Waals surface area contributed by atoms with Crippen LogP contribution >= 0.6 is 0 Å². The van der Waals surface area contributed by atoms with Gasteiger partial charge in [-0.15, -0.1) is 0 Å². The van der Waals surface area contributed by atoms with Gasteiger partial charge in [0.25, 0.3) is 0 Å². The lowest BCUT2D eigenvalue weighted by molar-refractivity contribution is 0.112. The van der Waals surface area contributed by atoms with Gasteiger partial charge in [0.15, 0.2) is 17.4 Å². The Morgan fingerprint density at radius 1 is 1.35 bits per heavy atom. The monoisotopic (exact) mass is 244 g/mol. The molecule has 0 heterocycles. The van der Waals surface area contributed by atoms with Gasteiger partial charge in [0.05, 0.1) is 6.10 Å². The molecule has 0 amide bonds. The molecule has 0 N–H and O–H groups in total. The van der Waals surface area contributed by atoms with Crippen molar-refractivity contribution in [2.75, 3.05) is 13.7 Å². The molecule has 1 aromatic rings. The number of hydrogen-bond acceptors (Lipinski definition) is 3. The van der Waals surface area contributed by atoms with Gasteiger partial charge in [0.2, 0.25) is 0 Å². The van der Waals surface area contributed by atoms with E-state index in [1.165, 1.54) is 7.11 Å². The molecule has 1 aromatic carbocycles. The Morgan fingerprint density at radius 3 is 2.41 bits per heavy atom. The molecule has 0 spiro atoms. The first-order valence-corrected chi connectivity index (χ1v) is 5.18. The molecule has 1 unspecified atom stereocenters. The molecule has 0 saturated heterocycles. The molecule has 0 aliphatic heterocycles. The van der Waals surface area contributed by atoms with E-state index < -0.39 is 17.4 Å². The van der Waals surface area contributed by atoms with Crippen LogP contribution in [0.1, 0.15) is 23.7 Å². The number of halogens is 2. The van der Waals surface area contributed by atoms with Crippen molar-refractivity contribution in [3.63, 3.8) is 0 Å². The standard InChI is InChI=1S/C12H14F2O3/c1-8(3-4-16-2)17-12-10(13)5-9(7-15)6-11(12)14/h5-8H,3-4H2,1-2H3. The van der Waals surface area contributed by atoms with E-state index >= 15 is 0 Å². The lowest BCUT2D eigenvalue weighted by atomic mass is 10.2. The number of rotatable bonds is 6. The summed E-state index contributed by atoms with van der Waals surface area (Å²) in [5, 5.41) is 0. The predicted molar refractivity (Wildman–Crippen MR) is 58.3 cm³/mol. The number of carbonyl (C=O) groups excluding carboxylic acids is 1. The van der Waals surface area contributed by atoms with Gasteiger partial charge in [-0.3, -0.25) is 4.79 Å². The van der Waals surface area contributed by atoms with Crippen LogP contribution in [-0.4, -0.2) is 26.1 Å². The Morgan fingerprint density at radius 2 is 1.94 bits per heavy atom.